The first-order valence-corrected chi connectivity index (χ1v) is 7.49. The lowest BCUT2D eigenvalue weighted by molar-refractivity contribution is -0.125. The van der Waals surface area contributed by atoms with Crippen LogP contribution in [-0.2, 0) is 22.6 Å². The van der Waals surface area contributed by atoms with Crippen LogP contribution in [0.5, 0.6) is 0 Å². The molecule has 0 radical (unpaired) electrons. The first-order chi connectivity index (χ1) is 11.6. The molecule has 1 aliphatic heterocycles. The summed E-state index contributed by atoms with van der Waals surface area (Å²) in [5.74, 6) is -0.666. The Hall–Kier alpha value is -2.96. The second-order valence-electron chi connectivity index (χ2n) is 5.39. The molecular formula is C17H16FN3O3. The zero-order valence-corrected chi connectivity index (χ0v) is 12.8. The Morgan fingerprint density at radius 3 is 2.79 bits per heavy atom. The lowest BCUT2D eigenvalue weighted by atomic mass is 10.2. The van der Waals surface area contributed by atoms with Gasteiger partial charge in [-0.1, -0.05) is 18.2 Å². The highest BCUT2D eigenvalue weighted by molar-refractivity contribution is 5.87. The molecule has 0 unspecified atom stereocenters. The SMILES string of the molecule is O=C(NCc1ccccn1)[C@@H]1COC(=O)N1Cc1ccc(F)cc1. The highest BCUT2D eigenvalue weighted by Crippen LogP contribution is 2.17. The maximum Gasteiger partial charge on any atom is 0.410 e. The summed E-state index contributed by atoms with van der Waals surface area (Å²) in [4.78, 5) is 29.7. The van der Waals surface area contributed by atoms with Gasteiger partial charge in [-0.2, -0.15) is 0 Å². The Morgan fingerprint density at radius 1 is 1.29 bits per heavy atom. The fourth-order valence-corrected chi connectivity index (χ4v) is 2.43. The van der Waals surface area contributed by atoms with Gasteiger partial charge in [0.05, 0.1) is 18.8 Å². The van der Waals surface area contributed by atoms with Gasteiger partial charge in [-0.15, -0.1) is 0 Å². The number of benzene rings is 1. The molecule has 3 rings (SSSR count). The van der Waals surface area contributed by atoms with E-state index in [-0.39, 0.29) is 31.4 Å². The molecule has 0 aliphatic carbocycles. The van der Waals surface area contributed by atoms with Gasteiger partial charge in [-0.05, 0) is 29.8 Å². The van der Waals surface area contributed by atoms with Crippen LogP contribution in [0.2, 0.25) is 0 Å². The summed E-state index contributed by atoms with van der Waals surface area (Å²) in [5, 5.41) is 2.75. The van der Waals surface area contributed by atoms with E-state index < -0.39 is 12.1 Å². The van der Waals surface area contributed by atoms with Crippen molar-refractivity contribution in [3.05, 3.63) is 65.7 Å². The number of carbonyl (C=O) groups excluding carboxylic acids is 2. The van der Waals surface area contributed by atoms with E-state index in [1.54, 1.807) is 30.5 Å². The normalized spacial score (nSPS) is 16.8. The minimum atomic E-state index is -0.716. The summed E-state index contributed by atoms with van der Waals surface area (Å²) in [6.45, 7) is 0.448. The van der Waals surface area contributed by atoms with E-state index in [0.29, 0.717) is 0 Å². The van der Waals surface area contributed by atoms with Crippen LogP contribution in [0.4, 0.5) is 9.18 Å². The zero-order valence-electron chi connectivity index (χ0n) is 12.8. The zero-order chi connectivity index (χ0) is 16.9. The maximum absolute atomic E-state index is 13.0. The largest absolute Gasteiger partial charge is 0.447 e. The number of cyclic esters (lactones) is 1. The van der Waals surface area contributed by atoms with Crippen molar-refractivity contribution in [1.29, 1.82) is 0 Å². The molecule has 2 heterocycles. The molecule has 1 aromatic carbocycles. The van der Waals surface area contributed by atoms with Gasteiger partial charge in [0.15, 0.2) is 0 Å². The topological polar surface area (TPSA) is 71.5 Å². The van der Waals surface area contributed by atoms with E-state index in [1.165, 1.54) is 17.0 Å². The van der Waals surface area contributed by atoms with Crippen molar-refractivity contribution in [2.75, 3.05) is 6.61 Å². The quantitative estimate of drug-likeness (QED) is 0.909. The summed E-state index contributed by atoms with van der Waals surface area (Å²) < 4.78 is 18.0. The summed E-state index contributed by atoms with van der Waals surface area (Å²) in [7, 11) is 0. The Balaban J connectivity index is 1.63. The fourth-order valence-electron chi connectivity index (χ4n) is 2.43. The molecule has 0 saturated carbocycles. The molecule has 6 nitrogen and oxygen atoms in total. The second-order valence-corrected chi connectivity index (χ2v) is 5.39. The van der Waals surface area contributed by atoms with Crippen molar-refractivity contribution in [3.63, 3.8) is 0 Å². The summed E-state index contributed by atoms with van der Waals surface area (Å²) >= 11 is 0. The Kier molecular flexibility index (Phi) is 4.69. The van der Waals surface area contributed by atoms with Gasteiger partial charge in [0, 0.05) is 6.20 Å². The predicted octanol–water partition coefficient (Wildman–Crippen LogP) is 1.86. The first kappa shape index (κ1) is 15.9. The monoisotopic (exact) mass is 329 g/mol. The number of nitrogens with zero attached hydrogens (tertiary/aromatic N) is 2. The maximum atomic E-state index is 13.0. The van der Waals surface area contributed by atoms with Crippen LogP contribution < -0.4 is 5.32 Å². The molecule has 1 aromatic heterocycles. The van der Waals surface area contributed by atoms with Crippen LogP contribution in [0.25, 0.3) is 0 Å². The van der Waals surface area contributed by atoms with Gasteiger partial charge < -0.3 is 10.1 Å². The Bertz CT molecular complexity index is 722. The molecule has 2 amide bonds. The number of amides is 2. The van der Waals surface area contributed by atoms with E-state index in [2.05, 4.69) is 10.3 Å². The number of ether oxygens (including phenoxy) is 1. The Labute approximate surface area is 138 Å². The van der Waals surface area contributed by atoms with Crippen LogP contribution in [0.15, 0.2) is 48.7 Å². The predicted molar refractivity (Wildman–Crippen MR) is 83.2 cm³/mol. The fraction of sp³-hybridized carbons (Fsp3) is 0.235. The van der Waals surface area contributed by atoms with E-state index in [9.17, 15) is 14.0 Å². The number of hydrogen-bond acceptors (Lipinski definition) is 4. The number of aromatic nitrogens is 1. The van der Waals surface area contributed by atoms with Crippen molar-refractivity contribution in [2.24, 2.45) is 0 Å². The van der Waals surface area contributed by atoms with Gasteiger partial charge in [-0.25, -0.2) is 9.18 Å². The molecule has 124 valence electrons. The van der Waals surface area contributed by atoms with Crippen LogP contribution in [0.1, 0.15) is 11.3 Å². The standard InChI is InChI=1S/C17H16FN3O3/c18-13-6-4-12(5-7-13)10-21-15(11-24-17(21)23)16(22)20-9-14-3-1-2-8-19-14/h1-8,15H,9-11H2,(H,20,22)/t15-/m0/s1. The molecule has 24 heavy (non-hydrogen) atoms. The molecule has 1 saturated heterocycles. The summed E-state index contributed by atoms with van der Waals surface area (Å²) in [6, 6.07) is 10.5. The van der Waals surface area contributed by atoms with Crippen molar-refractivity contribution >= 4 is 12.0 Å². The molecule has 1 atom stereocenters. The first-order valence-electron chi connectivity index (χ1n) is 7.49. The van der Waals surface area contributed by atoms with Crippen LogP contribution in [0.3, 0.4) is 0 Å². The number of pyridine rings is 1. The van der Waals surface area contributed by atoms with Crippen molar-refractivity contribution in [2.45, 2.75) is 19.1 Å². The van der Waals surface area contributed by atoms with Gasteiger partial charge in [0.1, 0.15) is 18.5 Å². The van der Waals surface area contributed by atoms with Crippen molar-refractivity contribution < 1.29 is 18.7 Å². The minimum absolute atomic E-state index is 0.00587. The molecule has 0 bridgehead atoms. The molecule has 1 aliphatic rings. The highest BCUT2D eigenvalue weighted by Gasteiger charge is 2.37. The number of carbonyl (C=O) groups is 2. The molecule has 0 spiro atoms. The second kappa shape index (κ2) is 7.08. The van der Waals surface area contributed by atoms with Crippen molar-refractivity contribution in [3.8, 4) is 0 Å². The smallest absolute Gasteiger partial charge is 0.410 e. The summed E-state index contributed by atoms with van der Waals surface area (Å²) in [6.07, 6.45) is 1.09. The van der Waals surface area contributed by atoms with Crippen LogP contribution >= 0.6 is 0 Å². The molecule has 1 fully saturated rings. The third kappa shape index (κ3) is 3.68. The van der Waals surface area contributed by atoms with Crippen molar-refractivity contribution in [1.82, 2.24) is 15.2 Å². The highest BCUT2D eigenvalue weighted by atomic mass is 19.1. The molecule has 1 N–H and O–H groups in total. The lowest BCUT2D eigenvalue weighted by Gasteiger charge is -2.20. The molecule has 7 heteroatoms. The van der Waals surface area contributed by atoms with Gasteiger partial charge in [0.2, 0.25) is 5.91 Å². The number of halogens is 1. The van der Waals surface area contributed by atoms with Gasteiger partial charge in [-0.3, -0.25) is 14.7 Å². The van der Waals surface area contributed by atoms with Crippen LogP contribution in [-0.4, -0.2) is 34.5 Å². The third-order valence-electron chi connectivity index (χ3n) is 3.71. The molecular weight excluding hydrogens is 313 g/mol. The Morgan fingerprint density at radius 2 is 2.08 bits per heavy atom. The number of nitrogens with one attached hydrogen (secondary N) is 1. The van der Waals surface area contributed by atoms with Gasteiger partial charge in [0.25, 0.3) is 0 Å². The van der Waals surface area contributed by atoms with Gasteiger partial charge >= 0.3 is 6.09 Å². The van der Waals surface area contributed by atoms with E-state index >= 15 is 0 Å². The average molecular weight is 329 g/mol. The minimum Gasteiger partial charge on any atom is -0.447 e. The number of rotatable bonds is 5. The van der Waals surface area contributed by atoms with E-state index in [0.717, 1.165) is 11.3 Å². The third-order valence-corrected chi connectivity index (χ3v) is 3.71. The molecule has 2 aromatic rings. The van der Waals surface area contributed by atoms with Crippen LogP contribution in [0, 0.1) is 5.82 Å². The summed E-state index contributed by atoms with van der Waals surface area (Å²) in [5.41, 5.74) is 1.44. The average Bonchev–Trinajstić information content (AvgIpc) is 2.96. The number of hydrogen-bond donors (Lipinski definition) is 1. The lowest BCUT2D eigenvalue weighted by Crippen LogP contribution is -2.45. The van der Waals surface area contributed by atoms with E-state index in [4.69, 9.17) is 4.74 Å². The van der Waals surface area contributed by atoms with E-state index in [1.807, 2.05) is 6.07 Å².